The molecular formula is C15H21O5. The molecule has 1 aromatic rings. The number of esters is 1. The van der Waals surface area contributed by atoms with Gasteiger partial charge in [-0.1, -0.05) is 6.07 Å². The topological polar surface area (TPSA) is 75.7 Å². The van der Waals surface area contributed by atoms with E-state index in [2.05, 4.69) is 4.89 Å². The van der Waals surface area contributed by atoms with Gasteiger partial charge in [-0.2, -0.15) is 0 Å². The van der Waals surface area contributed by atoms with Crippen molar-refractivity contribution in [2.24, 2.45) is 0 Å². The average Bonchev–Trinajstić information content (AvgIpc) is 2.26. The molecule has 0 saturated carbocycles. The first kappa shape index (κ1) is 16.5. The molecule has 1 radical (unpaired) electrons. The lowest BCUT2D eigenvalue weighted by atomic mass is 10.0. The molecule has 0 spiro atoms. The minimum atomic E-state index is -0.791. The molecule has 20 heavy (non-hydrogen) atoms. The summed E-state index contributed by atoms with van der Waals surface area (Å²) in [7, 11) is 0. The van der Waals surface area contributed by atoms with Gasteiger partial charge in [0.2, 0.25) is 0 Å². The number of ether oxygens (including phenoxy) is 1. The van der Waals surface area contributed by atoms with Crippen LogP contribution in [0.15, 0.2) is 12.1 Å². The molecular weight excluding hydrogens is 260 g/mol. The summed E-state index contributed by atoms with van der Waals surface area (Å²) in [5.74, 6) is -0.390. The van der Waals surface area contributed by atoms with Crippen LogP contribution in [0.25, 0.3) is 0 Å². The van der Waals surface area contributed by atoms with E-state index in [4.69, 9.17) is 4.74 Å². The number of carbonyl (C=O) groups is 1. The lowest BCUT2D eigenvalue weighted by Gasteiger charge is -2.26. The first-order valence-corrected chi connectivity index (χ1v) is 6.49. The van der Waals surface area contributed by atoms with Crippen molar-refractivity contribution in [1.29, 1.82) is 0 Å². The van der Waals surface area contributed by atoms with Crippen molar-refractivity contribution in [2.75, 3.05) is 0 Å². The Balaban J connectivity index is 2.99. The maximum atomic E-state index is 12.2. The van der Waals surface area contributed by atoms with Gasteiger partial charge >= 0.3 is 5.97 Å². The lowest BCUT2D eigenvalue weighted by molar-refractivity contribution is -0.209. The van der Waals surface area contributed by atoms with Crippen molar-refractivity contribution in [1.82, 2.24) is 0 Å². The molecule has 0 saturated heterocycles. The smallest absolute Gasteiger partial charge is 0.339 e. The number of aliphatic hydroxyl groups is 1. The van der Waals surface area contributed by atoms with Crippen LogP contribution >= 0.6 is 0 Å². The summed E-state index contributed by atoms with van der Waals surface area (Å²) in [5, 5.41) is 20.1. The van der Waals surface area contributed by atoms with Gasteiger partial charge in [-0.25, -0.2) is 4.79 Å². The normalized spacial score (nSPS) is 12.9. The van der Waals surface area contributed by atoms with Crippen LogP contribution in [0.5, 0.6) is 5.75 Å². The van der Waals surface area contributed by atoms with Crippen LogP contribution in [0.2, 0.25) is 0 Å². The Kier molecular flexibility index (Phi) is 5.14. The van der Waals surface area contributed by atoms with Crippen molar-refractivity contribution >= 4 is 5.97 Å². The van der Waals surface area contributed by atoms with Crippen LogP contribution in [0.4, 0.5) is 0 Å². The summed E-state index contributed by atoms with van der Waals surface area (Å²) in [5.41, 5.74) is 0.622. The van der Waals surface area contributed by atoms with Crippen molar-refractivity contribution in [3.8, 4) is 5.75 Å². The molecule has 0 aromatic heterocycles. The fourth-order valence-electron chi connectivity index (χ4n) is 2.24. The predicted octanol–water partition coefficient (Wildman–Crippen LogP) is 2.73. The summed E-state index contributed by atoms with van der Waals surface area (Å²) in [6.45, 7) is 8.46. The van der Waals surface area contributed by atoms with E-state index in [1.165, 1.54) is 0 Å². The van der Waals surface area contributed by atoms with Crippen LogP contribution < -0.4 is 4.89 Å². The molecule has 1 unspecified atom stereocenters. The molecule has 0 bridgehead atoms. The van der Waals surface area contributed by atoms with E-state index >= 15 is 0 Å². The largest absolute Gasteiger partial charge is 0.456 e. The van der Waals surface area contributed by atoms with Crippen LogP contribution in [-0.2, 0) is 9.99 Å². The standard InChI is InChI=1S/C15H21O5/c1-9-6-7-12(11(3)13(9)20-18)14(17)19-15(4,5)8-10(2)16/h6-7,10,16H,8H2,1-5H3. The zero-order valence-corrected chi connectivity index (χ0v) is 12.5. The summed E-state index contributed by atoms with van der Waals surface area (Å²) in [4.78, 5) is 16.2. The van der Waals surface area contributed by atoms with Gasteiger partial charge in [0, 0.05) is 17.2 Å². The molecule has 1 atom stereocenters. The molecule has 111 valence electrons. The number of benzene rings is 1. The highest BCUT2D eigenvalue weighted by atomic mass is 17.1. The SMILES string of the molecule is Cc1ccc(C(=O)OC(C)(C)CC(C)O)c(C)c1O[O]. The second kappa shape index (κ2) is 6.24. The molecule has 0 aliphatic rings. The molecule has 1 N–H and O–H groups in total. The first-order valence-electron chi connectivity index (χ1n) is 6.49. The lowest BCUT2D eigenvalue weighted by Crippen LogP contribution is -2.32. The molecule has 0 aliphatic carbocycles. The van der Waals surface area contributed by atoms with Gasteiger partial charge in [-0.3, -0.25) is 0 Å². The number of rotatable bonds is 5. The van der Waals surface area contributed by atoms with Gasteiger partial charge in [0.1, 0.15) is 5.60 Å². The summed E-state index contributed by atoms with van der Waals surface area (Å²) >= 11 is 0. The van der Waals surface area contributed by atoms with E-state index in [-0.39, 0.29) is 5.75 Å². The van der Waals surface area contributed by atoms with Gasteiger partial charge in [-0.05, 0) is 46.2 Å². The third-order valence-corrected chi connectivity index (χ3v) is 3.06. The van der Waals surface area contributed by atoms with Crippen LogP contribution in [-0.4, -0.2) is 22.8 Å². The fraction of sp³-hybridized carbons (Fsp3) is 0.533. The van der Waals surface area contributed by atoms with Crippen LogP contribution in [0, 0.1) is 13.8 Å². The molecule has 0 amide bonds. The Labute approximate surface area is 119 Å². The molecule has 5 heteroatoms. The number of hydrogen-bond acceptors (Lipinski definition) is 4. The number of aliphatic hydroxyl groups excluding tert-OH is 1. The fourth-order valence-corrected chi connectivity index (χ4v) is 2.24. The second-order valence-electron chi connectivity index (χ2n) is 5.67. The molecule has 1 rings (SSSR count). The van der Waals surface area contributed by atoms with Gasteiger partial charge < -0.3 is 14.7 Å². The summed E-state index contributed by atoms with van der Waals surface area (Å²) < 4.78 is 5.40. The number of carbonyl (C=O) groups excluding carboxylic acids is 1. The third kappa shape index (κ3) is 3.95. The summed E-state index contributed by atoms with van der Waals surface area (Å²) in [6.07, 6.45) is -0.244. The second-order valence-corrected chi connectivity index (χ2v) is 5.67. The Bertz CT molecular complexity index is 491. The third-order valence-electron chi connectivity index (χ3n) is 3.06. The van der Waals surface area contributed by atoms with Crippen molar-refractivity contribution in [2.45, 2.75) is 52.7 Å². The average molecular weight is 281 g/mol. The molecule has 5 nitrogen and oxygen atoms in total. The van der Waals surface area contributed by atoms with Gasteiger partial charge in [0.15, 0.2) is 5.75 Å². The van der Waals surface area contributed by atoms with Gasteiger partial charge in [0.05, 0.1) is 11.7 Å². The van der Waals surface area contributed by atoms with E-state index in [1.807, 2.05) is 0 Å². The Hall–Kier alpha value is -1.59. The van der Waals surface area contributed by atoms with Crippen molar-refractivity contribution in [3.05, 3.63) is 28.8 Å². The zero-order chi connectivity index (χ0) is 15.5. The quantitative estimate of drug-likeness (QED) is 0.511. The summed E-state index contributed by atoms with van der Waals surface area (Å²) in [6, 6.07) is 3.24. The van der Waals surface area contributed by atoms with Crippen LogP contribution in [0.1, 0.15) is 48.7 Å². The Morgan fingerprint density at radius 2 is 1.95 bits per heavy atom. The molecule has 1 aromatic carbocycles. The van der Waals surface area contributed by atoms with Crippen molar-refractivity contribution in [3.63, 3.8) is 0 Å². The number of aryl methyl sites for hydroxylation is 1. The van der Waals surface area contributed by atoms with E-state index in [0.717, 1.165) is 0 Å². The highest BCUT2D eigenvalue weighted by Gasteiger charge is 2.27. The highest BCUT2D eigenvalue weighted by Crippen LogP contribution is 2.28. The van der Waals surface area contributed by atoms with E-state index < -0.39 is 17.7 Å². The van der Waals surface area contributed by atoms with Crippen LogP contribution in [0.3, 0.4) is 0 Å². The maximum absolute atomic E-state index is 12.2. The minimum Gasteiger partial charge on any atom is -0.456 e. The minimum absolute atomic E-state index is 0.146. The molecule has 0 heterocycles. The van der Waals surface area contributed by atoms with E-state index in [0.29, 0.717) is 23.1 Å². The number of hydrogen-bond donors (Lipinski definition) is 1. The Morgan fingerprint density at radius 3 is 2.45 bits per heavy atom. The first-order chi connectivity index (χ1) is 9.18. The van der Waals surface area contributed by atoms with Crippen molar-refractivity contribution < 1.29 is 24.8 Å². The zero-order valence-electron chi connectivity index (χ0n) is 12.5. The molecule has 0 fully saturated rings. The predicted molar refractivity (Wildman–Crippen MR) is 73.0 cm³/mol. The molecule has 0 aliphatic heterocycles. The maximum Gasteiger partial charge on any atom is 0.339 e. The van der Waals surface area contributed by atoms with E-state index in [9.17, 15) is 15.2 Å². The highest BCUT2D eigenvalue weighted by molar-refractivity contribution is 5.92. The monoisotopic (exact) mass is 281 g/mol. The van der Waals surface area contributed by atoms with E-state index in [1.54, 1.807) is 46.8 Å². The van der Waals surface area contributed by atoms with Gasteiger partial charge in [0.25, 0.3) is 0 Å². The van der Waals surface area contributed by atoms with Gasteiger partial charge in [-0.15, -0.1) is 0 Å². The Morgan fingerprint density at radius 1 is 1.35 bits per heavy atom.